The predicted octanol–water partition coefficient (Wildman–Crippen LogP) is 3.28. The number of carbonyl (C=O) groups excluding carboxylic acids is 2. The molecule has 1 aromatic rings. The van der Waals surface area contributed by atoms with E-state index >= 15 is 0 Å². The molecule has 0 aromatic heterocycles. The summed E-state index contributed by atoms with van der Waals surface area (Å²) in [7, 11) is 3.64. The fourth-order valence-corrected chi connectivity index (χ4v) is 3.93. The molecular weight excluding hydrogens is 350 g/mol. The highest BCUT2D eigenvalue weighted by atomic mass is 16.2. The lowest BCUT2D eigenvalue weighted by Gasteiger charge is -2.28. The van der Waals surface area contributed by atoms with Crippen LogP contribution in [-0.4, -0.2) is 43.8 Å². The van der Waals surface area contributed by atoms with E-state index in [0.29, 0.717) is 19.4 Å². The monoisotopic (exact) mass is 385 g/mol. The third kappa shape index (κ3) is 5.93. The van der Waals surface area contributed by atoms with Gasteiger partial charge < -0.3 is 20.3 Å². The van der Waals surface area contributed by atoms with Crippen molar-refractivity contribution in [3.05, 3.63) is 41.5 Å². The molecule has 1 aromatic carbocycles. The molecule has 5 nitrogen and oxygen atoms in total. The first-order chi connectivity index (χ1) is 13.6. The Bertz CT molecular complexity index is 672. The van der Waals surface area contributed by atoms with Crippen LogP contribution in [0.1, 0.15) is 61.6 Å². The first-order valence-electron chi connectivity index (χ1n) is 10.5. The third-order valence-electron chi connectivity index (χ3n) is 5.54. The van der Waals surface area contributed by atoms with E-state index in [1.54, 1.807) is 7.05 Å². The lowest BCUT2D eigenvalue weighted by Crippen LogP contribution is -2.42. The molecule has 0 fully saturated rings. The lowest BCUT2D eigenvalue weighted by molar-refractivity contribution is -0.125. The second-order valence-corrected chi connectivity index (χ2v) is 7.56. The van der Waals surface area contributed by atoms with Gasteiger partial charge in [-0.05, 0) is 50.4 Å². The van der Waals surface area contributed by atoms with Crippen molar-refractivity contribution in [1.29, 1.82) is 0 Å². The Labute approximate surface area is 169 Å². The molecule has 28 heavy (non-hydrogen) atoms. The maximum Gasteiger partial charge on any atom is 0.242 e. The fourth-order valence-electron chi connectivity index (χ4n) is 3.93. The molecule has 1 atom stereocenters. The van der Waals surface area contributed by atoms with Crippen molar-refractivity contribution in [2.75, 3.05) is 20.6 Å². The van der Waals surface area contributed by atoms with Crippen LogP contribution in [0.15, 0.2) is 24.8 Å². The SMILES string of the molecule is C=C1c2ccc(CCCCCCCNC)cc2CN1C(CCC=O)C(=O)NC. The number of nitrogens with one attached hydrogen (secondary N) is 2. The minimum absolute atomic E-state index is 0.0608. The number of unbranched alkanes of at least 4 members (excludes halogenated alkanes) is 4. The molecule has 0 spiro atoms. The van der Waals surface area contributed by atoms with Crippen molar-refractivity contribution in [3.8, 4) is 0 Å². The Kier molecular flexibility index (Phi) is 9.21. The van der Waals surface area contributed by atoms with Gasteiger partial charge in [-0.15, -0.1) is 0 Å². The fraction of sp³-hybridized carbons (Fsp3) is 0.565. The Hall–Kier alpha value is -2.14. The number of rotatable bonds is 13. The van der Waals surface area contributed by atoms with Crippen LogP contribution in [0.5, 0.6) is 0 Å². The van der Waals surface area contributed by atoms with E-state index in [1.165, 1.54) is 43.2 Å². The van der Waals surface area contributed by atoms with Gasteiger partial charge in [0.25, 0.3) is 0 Å². The number of hydrogen-bond acceptors (Lipinski definition) is 4. The number of likely N-dealkylation sites (N-methyl/N-ethyl adjacent to an activating group) is 1. The van der Waals surface area contributed by atoms with Crippen LogP contribution >= 0.6 is 0 Å². The largest absolute Gasteiger partial charge is 0.357 e. The van der Waals surface area contributed by atoms with Crippen molar-refractivity contribution in [3.63, 3.8) is 0 Å². The Morgan fingerprint density at radius 2 is 1.96 bits per heavy atom. The minimum Gasteiger partial charge on any atom is -0.357 e. The van der Waals surface area contributed by atoms with E-state index in [1.807, 2.05) is 11.9 Å². The molecule has 1 amide bonds. The molecule has 0 saturated heterocycles. The molecule has 0 bridgehead atoms. The van der Waals surface area contributed by atoms with Crippen LogP contribution in [0.4, 0.5) is 0 Å². The van der Waals surface area contributed by atoms with Crippen LogP contribution < -0.4 is 10.6 Å². The van der Waals surface area contributed by atoms with Crippen molar-refractivity contribution < 1.29 is 9.59 Å². The molecule has 0 radical (unpaired) electrons. The standard InChI is InChI=1S/C23H35N3O2/c1-18-21-13-12-19(10-7-5-4-6-8-14-24-2)16-20(21)17-26(18)22(11-9-15-27)23(28)25-3/h12-13,15-16,22,24H,1,4-11,14,17H2,2-3H3,(H,25,28). The summed E-state index contributed by atoms with van der Waals surface area (Å²) in [4.78, 5) is 25.2. The van der Waals surface area contributed by atoms with Crippen LogP contribution in [0, 0.1) is 0 Å². The van der Waals surface area contributed by atoms with Crippen LogP contribution in [0.3, 0.4) is 0 Å². The van der Waals surface area contributed by atoms with Crippen molar-refractivity contribution in [2.24, 2.45) is 0 Å². The summed E-state index contributed by atoms with van der Waals surface area (Å²) in [6.45, 7) is 6.01. The molecule has 2 N–H and O–H groups in total. The highest BCUT2D eigenvalue weighted by Crippen LogP contribution is 2.35. The van der Waals surface area contributed by atoms with E-state index in [0.717, 1.165) is 30.5 Å². The van der Waals surface area contributed by atoms with Gasteiger partial charge in [0, 0.05) is 31.3 Å². The molecule has 5 heteroatoms. The second kappa shape index (κ2) is 11.6. The van der Waals surface area contributed by atoms with Gasteiger partial charge in [0.2, 0.25) is 5.91 Å². The summed E-state index contributed by atoms with van der Waals surface area (Å²) in [5.74, 6) is -0.0608. The van der Waals surface area contributed by atoms with Gasteiger partial charge in [-0.2, -0.15) is 0 Å². The maximum atomic E-state index is 12.3. The van der Waals surface area contributed by atoms with Gasteiger partial charge in [-0.1, -0.05) is 44.0 Å². The number of benzene rings is 1. The van der Waals surface area contributed by atoms with Crippen LogP contribution in [0.2, 0.25) is 0 Å². The highest BCUT2D eigenvalue weighted by molar-refractivity contribution is 5.84. The molecule has 1 heterocycles. The number of carbonyl (C=O) groups is 2. The van der Waals surface area contributed by atoms with E-state index in [-0.39, 0.29) is 11.9 Å². The maximum absolute atomic E-state index is 12.3. The molecule has 1 aliphatic rings. The van der Waals surface area contributed by atoms with Gasteiger partial charge in [0.1, 0.15) is 12.3 Å². The Morgan fingerprint density at radius 3 is 2.68 bits per heavy atom. The first-order valence-corrected chi connectivity index (χ1v) is 10.5. The zero-order chi connectivity index (χ0) is 20.4. The van der Waals surface area contributed by atoms with Gasteiger partial charge in [0.05, 0.1) is 0 Å². The molecule has 2 rings (SSSR count). The van der Waals surface area contributed by atoms with Gasteiger partial charge in [0.15, 0.2) is 0 Å². The van der Waals surface area contributed by atoms with E-state index in [2.05, 4.69) is 35.4 Å². The number of aryl methyl sites for hydroxylation is 1. The summed E-state index contributed by atoms with van der Waals surface area (Å²) in [6, 6.07) is 6.24. The number of amides is 1. The van der Waals surface area contributed by atoms with Gasteiger partial charge in [-0.3, -0.25) is 4.79 Å². The zero-order valence-corrected chi connectivity index (χ0v) is 17.4. The predicted molar refractivity (Wildman–Crippen MR) is 115 cm³/mol. The highest BCUT2D eigenvalue weighted by Gasteiger charge is 2.32. The molecular formula is C23H35N3O2. The van der Waals surface area contributed by atoms with Crippen molar-refractivity contribution in [1.82, 2.24) is 15.5 Å². The third-order valence-corrected chi connectivity index (χ3v) is 5.54. The number of aldehydes is 1. The quantitative estimate of drug-likeness (QED) is 0.404. The molecule has 1 unspecified atom stereocenters. The smallest absolute Gasteiger partial charge is 0.242 e. The van der Waals surface area contributed by atoms with Gasteiger partial charge in [-0.25, -0.2) is 0 Å². The second-order valence-electron chi connectivity index (χ2n) is 7.56. The van der Waals surface area contributed by atoms with Crippen LogP contribution in [-0.2, 0) is 22.6 Å². The summed E-state index contributed by atoms with van der Waals surface area (Å²) in [5, 5.41) is 5.91. The summed E-state index contributed by atoms with van der Waals surface area (Å²) in [5.41, 5.74) is 4.59. The normalized spacial score (nSPS) is 14.1. The van der Waals surface area contributed by atoms with Crippen molar-refractivity contribution >= 4 is 17.9 Å². The van der Waals surface area contributed by atoms with E-state index in [9.17, 15) is 9.59 Å². The molecule has 154 valence electrons. The van der Waals surface area contributed by atoms with Crippen LogP contribution in [0.25, 0.3) is 5.70 Å². The lowest BCUT2D eigenvalue weighted by atomic mass is 10.0. The van der Waals surface area contributed by atoms with Crippen molar-refractivity contribution in [2.45, 2.75) is 64.0 Å². The molecule has 0 aliphatic carbocycles. The summed E-state index contributed by atoms with van der Waals surface area (Å²) < 4.78 is 0. The Balaban J connectivity index is 1.93. The van der Waals surface area contributed by atoms with E-state index in [4.69, 9.17) is 0 Å². The average molecular weight is 386 g/mol. The van der Waals surface area contributed by atoms with E-state index < -0.39 is 0 Å². The zero-order valence-electron chi connectivity index (χ0n) is 17.4. The number of nitrogens with zero attached hydrogens (tertiary/aromatic N) is 1. The number of hydrogen-bond donors (Lipinski definition) is 2. The van der Waals surface area contributed by atoms with Gasteiger partial charge >= 0.3 is 0 Å². The minimum atomic E-state index is -0.351. The summed E-state index contributed by atoms with van der Waals surface area (Å²) >= 11 is 0. The summed E-state index contributed by atoms with van der Waals surface area (Å²) in [6.07, 6.45) is 9.17. The Morgan fingerprint density at radius 1 is 1.21 bits per heavy atom. The average Bonchev–Trinajstić information content (AvgIpc) is 3.03. The topological polar surface area (TPSA) is 61.4 Å². The number of fused-ring (bicyclic) bond motifs is 1. The molecule has 0 saturated carbocycles. The first kappa shape index (κ1) is 22.2. The molecule has 1 aliphatic heterocycles.